The van der Waals surface area contributed by atoms with Crippen molar-refractivity contribution in [3.63, 3.8) is 0 Å². The Hall–Kier alpha value is -1.89. The number of likely N-dealkylation sites (N-methyl/N-ethyl adjacent to an activating group) is 1. The van der Waals surface area contributed by atoms with E-state index in [1.165, 1.54) is 18.2 Å². The van der Waals surface area contributed by atoms with E-state index in [0.29, 0.717) is 5.69 Å². The summed E-state index contributed by atoms with van der Waals surface area (Å²) in [5.74, 6) is -0.457. The summed E-state index contributed by atoms with van der Waals surface area (Å²) in [7, 11) is 1.65. The fraction of sp³-hybridized carbons (Fsp3) is 0.417. The van der Waals surface area contributed by atoms with Crippen molar-refractivity contribution in [2.75, 3.05) is 12.4 Å². The Balaban J connectivity index is 2.15. The quantitative estimate of drug-likeness (QED) is 0.883. The van der Waals surface area contributed by atoms with Crippen LogP contribution in [0.25, 0.3) is 0 Å². The van der Waals surface area contributed by atoms with Crippen LogP contribution in [0.15, 0.2) is 18.2 Å². The number of ether oxygens (including phenoxy) is 2. The zero-order chi connectivity index (χ0) is 14.3. The van der Waals surface area contributed by atoms with Gasteiger partial charge in [0.25, 0.3) is 0 Å². The number of carbonyl (C=O) groups is 1. The molecule has 0 fully saturated rings. The maximum atomic E-state index is 12.8. The first-order valence-electron chi connectivity index (χ1n) is 5.64. The van der Waals surface area contributed by atoms with Gasteiger partial charge in [-0.2, -0.15) is 0 Å². The number of benzene rings is 1. The van der Waals surface area contributed by atoms with Gasteiger partial charge < -0.3 is 20.1 Å². The van der Waals surface area contributed by atoms with E-state index in [0.717, 1.165) is 0 Å². The van der Waals surface area contributed by atoms with Crippen LogP contribution < -0.4 is 20.1 Å². The number of hydrogen-bond acceptors (Lipinski definition) is 4. The molecule has 5 nitrogen and oxygen atoms in total. The smallest absolute Gasteiger partial charge is 0.395 e. The number of alkyl halides is 2. The average molecular weight is 272 g/mol. The second kappa shape index (κ2) is 4.34. The number of nitrogens with one attached hydrogen (secondary N) is 2. The predicted molar refractivity (Wildman–Crippen MR) is 64.4 cm³/mol. The Morgan fingerprint density at radius 3 is 2.53 bits per heavy atom. The molecule has 0 bridgehead atoms. The molecule has 1 heterocycles. The molecule has 19 heavy (non-hydrogen) atoms. The molecule has 1 amide bonds. The zero-order valence-corrected chi connectivity index (χ0v) is 10.7. The van der Waals surface area contributed by atoms with Crippen LogP contribution in [0, 0.1) is 0 Å². The highest BCUT2D eigenvalue weighted by Gasteiger charge is 2.43. The van der Waals surface area contributed by atoms with Crippen LogP contribution in [-0.2, 0) is 4.79 Å². The van der Waals surface area contributed by atoms with Gasteiger partial charge in [0, 0.05) is 11.8 Å². The van der Waals surface area contributed by atoms with Gasteiger partial charge in [-0.3, -0.25) is 4.79 Å². The fourth-order valence-electron chi connectivity index (χ4n) is 1.43. The lowest BCUT2D eigenvalue weighted by Gasteiger charge is -2.22. The lowest BCUT2D eigenvalue weighted by Crippen LogP contribution is -2.47. The molecule has 1 aromatic carbocycles. The first-order chi connectivity index (χ1) is 8.73. The van der Waals surface area contributed by atoms with Crippen molar-refractivity contribution in [1.29, 1.82) is 0 Å². The number of halogens is 2. The van der Waals surface area contributed by atoms with E-state index in [-0.39, 0.29) is 17.4 Å². The Morgan fingerprint density at radius 1 is 1.26 bits per heavy atom. The predicted octanol–water partition coefficient (Wildman–Crippen LogP) is 1.94. The molecule has 0 aromatic heterocycles. The third-order valence-corrected chi connectivity index (χ3v) is 2.85. The van der Waals surface area contributed by atoms with Crippen molar-refractivity contribution in [2.24, 2.45) is 0 Å². The molecule has 1 aliphatic rings. The van der Waals surface area contributed by atoms with Crippen molar-refractivity contribution < 1.29 is 23.0 Å². The SMILES string of the molecule is CNC(C)(C)C(=O)Nc1ccc2c(c1)OC(F)(F)O2. The fourth-order valence-corrected chi connectivity index (χ4v) is 1.43. The minimum atomic E-state index is -3.66. The minimum absolute atomic E-state index is 0.0594. The van der Waals surface area contributed by atoms with Crippen LogP contribution in [0.4, 0.5) is 14.5 Å². The highest BCUT2D eigenvalue weighted by molar-refractivity contribution is 5.97. The van der Waals surface area contributed by atoms with Crippen molar-refractivity contribution in [3.05, 3.63) is 18.2 Å². The second-order valence-corrected chi connectivity index (χ2v) is 4.66. The van der Waals surface area contributed by atoms with Gasteiger partial charge in [0.15, 0.2) is 11.5 Å². The van der Waals surface area contributed by atoms with Crippen LogP contribution in [-0.4, -0.2) is 24.8 Å². The third kappa shape index (κ3) is 2.76. The Morgan fingerprint density at radius 2 is 1.89 bits per heavy atom. The van der Waals surface area contributed by atoms with E-state index in [1.54, 1.807) is 20.9 Å². The Kier molecular flexibility index (Phi) is 3.09. The largest absolute Gasteiger partial charge is 0.586 e. The van der Waals surface area contributed by atoms with Gasteiger partial charge in [0.2, 0.25) is 5.91 Å². The normalized spacial score (nSPS) is 16.3. The number of anilines is 1. The number of hydrogen-bond donors (Lipinski definition) is 2. The minimum Gasteiger partial charge on any atom is -0.395 e. The topological polar surface area (TPSA) is 59.6 Å². The average Bonchev–Trinajstić information content (AvgIpc) is 2.62. The molecule has 0 saturated carbocycles. The summed E-state index contributed by atoms with van der Waals surface area (Å²) in [6.07, 6.45) is -3.66. The summed E-state index contributed by atoms with van der Waals surface area (Å²) < 4.78 is 34.2. The zero-order valence-electron chi connectivity index (χ0n) is 10.7. The van der Waals surface area contributed by atoms with Gasteiger partial charge >= 0.3 is 6.29 Å². The van der Waals surface area contributed by atoms with E-state index >= 15 is 0 Å². The maximum absolute atomic E-state index is 12.8. The molecule has 1 aliphatic heterocycles. The summed E-state index contributed by atoms with van der Waals surface area (Å²) >= 11 is 0. The van der Waals surface area contributed by atoms with Crippen LogP contribution in [0.3, 0.4) is 0 Å². The van der Waals surface area contributed by atoms with E-state index in [4.69, 9.17) is 0 Å². The molecule has 0 saturated heterocycles. The number of carbonyl (C=O) groups excluding carboxylic acids is 1. The highest BCUT2D eigenvalue weighted by atomic mass is 19.3. The van der Waals surface area contributed by atoms with Gasteiger partial charge in [-0.05, 0) is 33.0 Å². The molecular weight excluding hydrogens is 258 g/mol. The Bertz CT molecular complexity index is 518. The molecule has 0 atom stereocenters. The number of fused-ring (bicyclic) bond motifs is 1. The standard InChI is InChI=1S/C12H14F2N2O3/c1-11(2,15-3)10(17)16-7-4-5-8-9(6-7)19-12(13,14)18-8/h4-6,15H,1-3H3,(H,16,17). The van der Waals surface area contributed by atoms with Gasteiger partial charge in [-0.25, -0.2) is 0 Å². The van der Waals surface area contributed by atoms with E-state index in [9.17, 15) is 13.6 Å². The first-order valence-corrected chi connectivity index (χ1v) is 5.64. The molecule has 104 valence electrons. The lowest BCUT2D eigenvalue weighted by molar-refractivity contribution is -0.286. The van der Waals surface area contributed by atoms with Gasteiger partial charge in [0.1, 0.15) is 0 Å². The summed E-state index contributed by atoms with van der Waals surface area (Å²) in [6.45, 7) is 3.40. The van der Waals surface area contributed by atoms with E-state index in [2.05, 4.69) is 20.1 Å². The second-order valence-electron chi connectivity index (χ2n) is 4.66. The highest BCUT2D eigenvalue weighted by Crippen LogP contribution is 2.42. The lowest BCUT2D eigenvalue weighted by atomic mass is 10.1. The molecular formula is C12H14F2N2O3. The number of rotatable bonds is 3. The summed E-state index contributed by atoms with van der Waals surface area (Å²) in [5.41, 5.74) is -0.422. The molecule has 0 radical (unpaired) electrons. The summed E-state index contributed by atoms with van der Waals surface area (Å²) in [6, 6.07) is 4.07. The van der Waals surface area contributed by atoms with Gasteiger partial charge in [-0.1, -0.05) is 0 Å². The molecule has 7 heteroatoms. The van der Waals surface area contributed by atoms with Crippen molar-refractivity contribution in [1.82, 2.24) is 5.32 Å². The third-order valence-electron chi connectivity index (χ3n) is 2.85. The van der Waals surface area contributed by atoms with Crippen LogP contribution in [0.1, 0.15) is 13.8 Å². The van der Waals surface area contributed by atoms with Crippen molar-refractivity contribution in [2.45, 2.75) is 25.7 Å². The van der Waals surface area contributed by atoms with E-state index < -0.39 is 11.8 Å². The van der Waals surface area contributed by atoms with Crippen LogP contribution in [0.5, 0.6) is 11.5 Å². The molecule has 0 aliphatic carbocycles. The molecule has 2 rings (SSSR count). The van der Waals surface area contributed by atoms with Gasteiger partial charge in [-0.15, -0.1) is 8.78 Å². The molecule has 0 unspecified atom stereocenters. The van der Waals surface area contributed by atoms with Crippen LogP contribution in [0.2, 0.25) is 0 Å². The first kappa shape index (κ1) is 13.5. The van der Waals surface area contributed by atoms with Crippen LogP contribution >= 0.6 is 0 Å². The molecule has 1 aromatic rings. The molecule has 2 N–H and O–H groups in total. The van der Waals surface area contributed by atoms with Crippen molar-refractivity contribution >= 4 is 11.6 Å². The summed E-state index contributed by atoms with van der Waals surface area (Å²) in [5, 5.41) is 5.45. The monoisotopic (exact) mass is 272 g/mol. The maximum Gasteiger partial charge on any atom is 0.586 e. The molecule has 0 spiro atoms. The number of amides is 1. The Labute approximate surface area is 108 Å². The summed E-state index contributed by atoms with van der Waals surface area (Å²) in [4.78, 5) is 11.9. The van der Waals surface area contributed by atoms with E-state index in [1.807, 2.05) is 0 Å². The van der Waals surface area contributed by atoms with Crippen molar-refractivity contribution in [3.8, 4) is 11.5 Å². The van der Waals surface area contributed by atoms with Gasteiger partial charge in [0.05, 0.1) is 5.54 Å².